The molecule has 0 aliphatic heterocycles. The van der Waals surface area contributed by atoms with Crippen LogP contribution in [0.25, 0.3) is 21.5 Å². The summed E-state index contributed by atoms with van der Waals surface area (Å²) >= 11 is 1.84. The van der Waals surface area contributed by atoms with Gasteiger partial charge in [-0.3, -0.25) is 0 Å². The summed E-state index contributed by atoms with van der Waals surface area (Å²) in [5.74, 6) is 0.865. The fourth-order valence-corrected chi connectivity index (χ4v) is 5.09. The van der Waals surface area contributed by atoms with Crippen molar-refractivity contribution in [2.24, 2.45) is 0 Å². The Bertz CT molecular complexity index is 1270. The summed E-state index contributed by atoms with van der Waals surface area (Å²) < 4.78 is 5.28. The summed E-state index contributed by atoms with van der Waals surface area (Å²) in [6.45, 7) is 0.754. The minimum absolute atomic E-state index is 0.754. The van der Waals surface area contributed by atoms with E-state index in [0.29, 0.717) is 0 Å². The molecule has 0 spiro atoms. The van der Waals surface area contributed by atoms with Gasteiger partial charge in [-0.2, -0.15) is 0 Å². The zero-order valence-electron chi connectivity index (χ0n) is 17.3. The normalized spacial score (nSPS) is 11.0. The van der Waals surface area contributed by atoms with Crippen LogP contribution in [0.4, 0.5) is 5.69 Å². The van der Waals surface area contributed by atoms with E-state index < -0.39 is 0 Å². The first-order chi connectivity index (χ1) is 15.3. The van der Waals surface area contributed by atoms with Gasteiger partial charge in [-0.05, 0) is 63.5 Å². The number of ether oxygens (including phenoxy) is 1. The molecule has 0 saturated carbocycles. The van der Waals surface area contributed by atoms with E-state index in [1.54, 1.807) is 7.11 Å². The summed E-state index contributed by atoms with van der Waals surface area (Å²) in [6.07, 6.45) is 0. The molecule has 0 saturated heterocycles. The van der Waals surface area contributed by atoms with Crippen molar-refractivity contribution in [1.29, 1.82) is 0 Å². The fraction of sp³-hybridized carbons (Fsp3) is 0.0714. The zero-order chi connectivity index (χ0) is 21.0. The van der Waals surface area contributed by atoms with Crippen LogP contribution in [0, 0.1) is 0 Å². The topological polar surface area (TPSA) is 21.3 Å². The molecular formula is C28H23NOS. The van der Waals surface area contributed by atoms with Crippen LogP contribution in [0.3, 0.4) is 0 Å². The minimum atomic E-state index is 0.754. The Kier molecular flexibility index (Phi) is 5.51. The molecule has 5 rings (SSSR count). The maximum Gasteiger partial charge on any atom is 0.119 e. The van der Waals surface area contributed by atoms with Crippen molar-refractivity contribution in [2.75, 3.05) is 12.4 Å². The lowest BCUT2D eigenvalue weighted by Gasteiger charge is -2.17. The maximum atomic E-state index is 5.28. The molecule has 31 heavy (non-hydrogen) atoms. The molecule has 152 valence electrons. The number of nitrogens with one attached hydrogen (secondary N) is 1. The van der Waals surface area contributed by atoms with E-state index in [9.17, 15) is 0 Å². The monoisotopic (exact) mass is 421 g/mol. The Balaban J connectivity index is 1.61. The molecule has 0 bridgehead atoms. The van der Waals surface area contributed by atoms with Crippen molar-refractivity contribution in [3.05, 3.63) is 109 Å². The Morgan fingerprint density at radius 3 is 1.77 bits per heavy atom. The number of fused-ring (bicyclic) bond motifs is 2. The highest BCUT2D eigenvalue weighted by molar-refractivity contribution is 7.99. The van der Waals surface area contributed by atoms with Crippen LogP contribution in [0.15, 0.2) is 113 Å². The largest absolute Gasteiger partial charge is 0.497 e. The summed E-state index contributed by atoms with van der Waals surface area (Å²) in [5, 5.41) is 8.77. The second kappa shape index (κ2) is 8.75. The Morgan fingerprint density at radius 1 is 0.645 bits per heavy atom. The van der Waals surface area contributed by atoms with Crippen LogP contribution >= 0.6 is 11.8 Å². The van der Waals surface area contributed by atoms with Crippen LogP contribution in [-0.4, -0.2) is 7.11 Å². The Labute approximate surface area is 186 Å². The smallest absolute Gasteiger partial charge is 0.119 e. The predicted octanol–water partition coefficient (Wildman–Crippen LogP) is 7.76. The van der Waals surface area contributed by atoms with Gasteiger partial charge in [0.1, 0.15) is 5.75 Å². The van der Waals surface area contributed by atoms with Crippen LogP contribution in [-0.2, 0) is 6.54 Å². The first-order valence-electron chi connectivity index (χ1n) is 10.4. The number of benzene rings is 5. The quantitative estimate of drug-likeness (QED) is 0.283. The summed E-state index contributed by atoms with van der Waals surface area (Å²) in [5.41, 5.74) is 2.40. The molecule has 0 amide bonds. The molecule has 2 nitrogen and oxygen atoms in total. The average Bonchev–Trinajstić information content (AvgIpc) is 2.84. The molecular weight excluding hydrogens is 398 g/mol. The fourth-order valence-electron chi connectivity index (χ4n) is 3.98. The number of anilines is 1. The van der Waals surface area contributed by atoms with E-state index in [1.807, 2.05) is 23.9 Å². The predicted molar refractivity (Wildman–Crippen MR) is 132 cm³/mol. The SMILES string of the molecule is COc1ccc(NCc2c3ccccc3c(Sc3ccccc3)c3ccccc23)cc1. The third-order valence-corrected chi connectivity index (χ3v) is 6.67. The molecule has 0 unspecified atom stereocenters. The van der Waals surface area contributed by atoms with Crippen molar-refractivity contribution in [3.63, 3.8) is 0 Å². The second-order valence-corrected chi connectivity index (χ2v) is 8.48. The molecule has 5 aromatic rings. The molecule has 5 aromatic carbocycles. The van der Waals surface area contributed by atoms with Gasteiger partial charge in [0, 0.05) is 22.0 Å². The average molecular weight is 422 g/mol. The summed E-state index contributed by atoms with van der Waals surface area (Å²) in [4.78, 5) is 2.56. The van der Waals surface area contributed by atoms with Crippen molar-refractivity contribution < 1.29 is 4.74 Å². The van der Waals surface area contributed by atoms with Gasteiger partial charge in [0.25, 0.3) is 0 Å². The second-order valence-electron chi connectivity index (χ2n) is 7.40. The number of hydrogen-bond donors (Lipinski definition) is 1. The molecule has 3 heteroatoms. The highest BCUT2D eigenvalue weighted by Gasteiger charge is 2.14. The number of methoxy groups -OCH3 is 1. The summed E-state index contributed by atoms with van der Waals surface area (Å²) in [7, 11) is 1.69. The lowest BCUT2D eigenvalue weighted by molar-refractivity contribution is 0.415. The highest BCUT2D eigenvalue weighted by atomic mass is 32.2. The van der Waals surface area contributed by atoms with Crippen LogP contribution in [0.2, 0.25) is 0 Å². The third kappa shape index (κ3) is 3.97. The lowest BCUT2D eigenvalue weighted by atomic mass is 9.96. The van der Waals surface area contributed by atoms with Crippen LogP contribution in [0.5, 0.6) is 5.75 Å². The Hall–Kier alpha value is -3.43. The molecule has 1 N–H and O–H groups in total. The minimum Gasteiger partial charge on any atom is -0.497 e. The zero-order valence-corrected chi connectivity index (χ0v) is 18.2. The lowest BCUT2D eigenvalue weighted by Crippen LogP contribution is -2.02. The van der Waals surface area contributed by atoms with E-state index in [4.69, 9.17) is 4.74 Å². The molecule has 0 aliphatic rings. The van der Waals surface area contributed by atoms with E-state index in [1.165, 1.54) is 36.9 Å². The standard InChI is InChI=1S/C28H23NOS/c1-30-21-17-15-20(16-18-21)29-19-27-23-11-5-7-13-25(23)28(26-14-8-6-12-24(26)27)31-22-9-3-2-4-10-22/h2-18,29H,19H2,1H3. The van der Waals surface area contributed by atoms with Gasteiger partial charge in [-0.1, -0.05) is 78.5 Å². The van der Waals surface area contributed by atoms with E-state index in [2.05, 4.69) is 96.3 Å². The molecule has 0 fully saturated rings. The first-order valence-corrected chi connectivity index (χ1v) is 11.2. The van der Waals surface area contributed by atoms with Crippen LogP contribution < -0.4 is 10.1 Å². The van der Waals surface area contributed by atoms with Crippen molar-refractivity contribution in [2.45, 2.75) is 16.3 Å². The van der Waals surface area contributed by atoms with Gasteiger partial charge in [0.15, 0.2) is 0 Å². The van der Waals surface area contributed by atoms with Gasteiger partial charge in [0.2, 0.25) is 0 Å². The molecule has 0 heterocycles. The van der Waals surface area contributed by atoms with Gasteiger partial charge in [-0.25, -0.2) is 0 Å². The molecule has 0 atom stereocenters. The van der Waals surface area contributed by atoms with Gasteiger partial charge < -0.3 is 10.1 Å². The van der Waals surface area contributed by atoms with Gasteiger partial charge in [-0.15, -0.1) is 0 Å². The maximum absolute atomic E-state index is 5.28. The van der Waals surface area contributed by atoms with Crippen molar-refractivity contribution in [1.82, 2.24) is 0 Å². The molecule has 0 radical (unpaired) electrons. The molecule has 0 aromatic heterocycles. The number of rotatable bonds is 6. The van der Waals surface area contributed by atoms with Gasteiger partial charge in [0.05, 0.1) is 7.11 Å². The number of hydrogen-bond acceptors (Lipinski definition) is 3. The van der Waals surface area contributed by atoms with Crippen LogP contribution in [0.1, 0.15) is 5.56 Å². The third-order valence-electron chi connectivity index (χ3n) is 5.52. The van der Waals surface area contributed by atoms with Crippen molar-refractivity contribution in [3.8, 4) is 5.75 Å². The summed E-state index contributed by atoms with van der Waals surface area (Å²) in [6, 6.07) is 36.2. The first kappa shape index (κ1) is 19.5. The van der Waals surface area contributed by atoms with E-state index in [-0.39, 0.29) is 0 Å². The highest BCUT2D eigenvalue weighted by Crippen LogP contribution is 2.41. The van der Waals surface area contributed by atoms with Gasteiger partial charge >= 0.3 is 0 Å². The van der Waals surface area contributed by atoms with E-state index >= 15 is 0 Å². The van der Waals surface area contributed by atoms with E-state index in [0.717, 1.165) is 18.0 Å². The Morgan fingerprint density at radius 2 is 1.19 bits per heavy atom. The molecule has 0 aliphatic carbocycles. The van der Waals surface area contributed by atoms with Crippen molar-refractivity contribution >= 4 is 39.0 Å².